The average molecular weight is 241 g/mol. The highest BCUT2D eigenvalue weighted by molar-refractivity contribution is 5.60. The van der Waals surface area contributed by atoms with Gasteiger partial charge in [-0.1, -0.05) is 26.7 Å². The van der Waals surface area contributed by atoms with E-state index in [1.807, 2.05) is 0 Å². The van der Waals surface area contributed by atoms with Crippen LogP contribution in [0.15, 0.2) is 0 Å². The maximum absolute atomic E-state index is 11.5. The minimum atomic E-state index is -0.122. The van der Waals surface area contributed by atoms with Crippen molar-refractivity contribution in [3.63, 3.8) is 0 Å². The standard InChI is InChI=1S/C14H27NO2/c1-3-15(8-5-9-16)11-14(12-17)7-4-6-13(2)10-14/h12-13,16H,3-11H2,1-2H3. The van der Waals surface area contributed by atoms with Crippen LogP contribution in [-0.2, 0) is 4.79 Å². The molecule has 3 heteroatoms. The van der Waals surface area contributed by atoms with Crippen LogP contribution < -0.4 is 0 Å². The number of nitrogens with zero attached hydrogens (tertiary/aromatic N) is 1. The van der Waals surface area contributed by atoms with Crippen LogP contribution in [0, 0.1) is 11.3 Å². The molecular weight excluding hydrogens is 214 g/mol. The summed E-state index contributed by atoms with van der Waals surface area (Å²) < 4.78 is 0. The average Bonchev–Trinajstić information content (AvgIpc) is 2.34. The van der Waals surface area contributed by atoms with Crippen LogP contribution in [0.5, 0.6) is 0 Å². The quantitative estimate of drug-likeness (QED) is 0.694. The lowest BCUT2D eigenvalue weighted by Gasteiger charge is -2.39. The van der Waals surface area contributed by atoms with Crippen molar-refractivity contribution in [2.75, 3.05) is 26.2 Å². The first kappa shape index (κ1) is 14.7. The first-order valence-electron chi connectivity index (χ1n) is 6.95. The van der Waals surface area contributed by atoms with Gasteiger partial charge in [0, 0.05) is 25.1 Å². The summed E-state index contributed by atoms with van der Waals surface area (Å²) >= 11 is 0. The van der Waals surface area contributed by atoms with Gasteiger partial charge in [-0.3, -0.25) is 0 Å². The van der Waals surface area contributed by atoms with Gasteiger partial charge in [-0.2, -0.15) is 0 Å². The number of aldehydes is 1. The van der Waals surface area contributed by atoms with Gasteiger partial charge in [0.15, 0.2) is 0 Å². The molecule has 0 aromatic rings. The minimum absolute atomic E-state index is 0.122. The Morgan fingerprint density at radius 2 is 2.29 bits per heavy atom. The fourth-order valence-corrected chi connectivity index (χ4v) is 3.08. The second-order valence-corrected chi connectivity index (χ2v) is 5.63. The lowest BCUT2D eigenvalue weighted by molar-refractivity contribution is -0.120. The molecule has 1 rings (SSSR count). The van der Waals surface area contributed by atoms with Crippen molar-refractivity contribution < 1.29 is 9.90 Å². The third-order valence-electron chi connectivity index (χ3n) is 3.99. The normalized spacial score (nSPS) is 29.5. The van der Waals surface area contributed by atoms with Crippen LogP contribution in [-0.4, -0.2) is 42.5 Å². The number of rotatable bonds is 7. The van der Waals surface area contributed by atoms with E-state index in [4.69, 9.17) is 5.11 Å². The molecule has 1 fully saturated rings. The second kappa shape index (κ2) is 7.12. The van der Waals surface area contributed by atoms with E-state index in [1.165, 1.54) is 19.1 Å². The van der Waals surface area contributed by atoms with E-state index < -0.39 is 0 Å². The molecule has 1 aliphatic rings. The molecule has 0 aromatic carbocycles. The summed E-state index contributed by atoms with van der Waals surface area (Å²) in [4.78, 5) is 13.8. The van der Waals surface area contributed by atoms with Crippen molar-refractivity contribution in [1.82, 2.24) is 4.90 Å². The maximum Gasteiger partial charge on any atom is 0.127 e. The van der Waals surface area contributed by atoms with E-state index in [0.717, 1.165) is 38.9 Å². The Balaban J connectivity index is 2.56. The molecule has 1 aliphatic carbocycles. The van der Waals surface area contributed by atoms with Gasteiger partial charge in [-0.15, -0.1) is 0 Å². The van der Waals surface area contributed by atoms with Crippen LogP contribution >= 0.6 is 0 Å². The van der Waals surface area contributed by atoms with Crippen LogP contribution in [0.3, 0.4) is 0 Å². The van der Waals surface area contributed by atoms with Gasteiger partial charge in [-0.25, -0.2) is 0 Å². The van der Waals surface area contributed by atoms with Gasteiger partial charge in [0.25, 0.3) is 0 Å². The SMILES string of the molecule is CCN(CCCO)CC1(C=O)CCCC(C)C1. The Morgan fingerprint density at radius 3 is 2.82 bits per heavy atom. The topological polar surface area (TPSA) is 40.5 Å². The molecule has 3 nitrogen and oxygen atoms in total. The highest BCUT2D eigenvalue weighted by Gasteiger charge is 2.35. The van der Waals surface area contributed by atoms with Gasteiger partial charge < -0.3 is 14.8 Å². The van der Waals surface area contributed by atoms with Gasteiger partial charge in [-0.05, 0) is 31.7 Å². The van der Waals surface area contributed by atoms with E-state index in [1.54, 1.807) is 0 Å². The zero-order valence-electron chi connectivity index (χ0n) is 11.3. The van der Waals surface area contributed by atoms with Crippen molar-refractivity contribution >= 4 is 6.29 Å². The predicted octanol–water partition coefficient (Wildman–Crippen LogP) is 2.09. The van der Waals surface area contributed by atoms with E-state index in [2.05, 4.69) is 18.7 Å². The summed E-state index contributed by atoms with van der Waals surface area (Å²) in [5, 5.41) is 8.88. The monoisotopic (exact) mass is 241 g/mol. The van der Waals surface area contributed by atoms with Gasteiger partial charge >= 0.3 is 0 Å². The zero-order chi connectivity index (χ0) is 12.7. The lowest BCUT2D eigenvalue weighted by Crippen LogP contribution is -2.42. The number of carbonyl (C=O) groups is 1. The van der Waals surface area contributed by atoms with E-state index in [-0.39, 0.29) is 12.0 Å². The summed E-state index contributed by atoms with van der Waals surface area (Å²) in [6, 6.07) is 0. The molecule has 0 aromatic heterocycles. The third kappa shape index (κ3) is 4.40. The molecule has 0 aliphatic heterocycles. The minimum Gasteiger partial charge on any atom is -0.396 e. The molecule has 0 heterocycles. The molecular formula is C14H27NO2. The highest BCUT2D eigenvalue weighted by atomic mass is 16.3. The first-order valence-corrected chi connectivity index (χ1v) is 6.95. The summed E-state index contributed by atoms with van der Waals surface area (Å²) in [6.45, 7) is 7.35. The van der Waals surface area contributed by atoms with Crippen molar-refractivity contribution in [3.8, 4) is 0 Å². The lowest BCUT2D eigenvalue weighted by atomic mass is 9.70. The molecule has 0 amide bonds. The number of carbonyl (C=O) groups excluding carboxylic acids is 1. The van der Waals surface area contributed by atoms with Crippen molar-refractivity contribution in [2.24, 2.45) is 11.3 Å². The smallest absolute Gasteiger partial charge is 0.127 e. The number of aliphatic hydroxyl groups is 1. The Morgan fingerprint density at radius 1 is 1.53 bits per heavy atom. The molecule has 0 bridgehead atoms. The second-order valence-electron chi connectivity index (χ2n) is 5.63. The molecule has 0 saturated heterocycles. The summed E-state index contributed by atoms with van der Waals surface area (Å²) in [5.41, 5.74) is -0.122. The molecule has 2 unspecified atom stereocenters. The number of hydrogen-bond acceptors (Lipinski definition) is 3. The van der Waals surface area contributed by atoms with Crippen LogP contribution in [0.2, 0.25) is 0 Å². The summed E-state index contributed by atoms with van der Waals surface area (Å²) in [5.74, 6) is 0.672. The Labute approximate surface area is 105 Å². The Bertz CT molecular complexity index is 232. The fraction of sp³-hybridized carbons (Fsp3) is 0.929. The van der Waals surface area contributed by atoms with E-state index in [0.29, 0.717) is 5.92 Å². The zero-order valence-corrected chi connectivity index (χ0v) is 11.3. The maximum atomic E-state index is 11.5. The predicted molar refractivity (Wildman–Crippen MR) is 69.9 cm³/mol. The van der Waals surface area contributed by atoms with Crippen LogP contribution in [0.4, 0.5) is 0 Å². The van der Waals surface area contributed by atoms with E-state index >= 15 is 0 Å². The van der Waals surface area contributed by atoms with Crippen molar-refractivity contribution in [2.45, 2.75) is 46.0 Å². The van der Waals surface area contributed by atoms with E-state index in [9.17, 15) is 4.79 Å². The van der Waals surface area contributed by atoms with Gasteiger partial charge in [0.1, 0.15) is 6.29 Å². The van der Waals surface area contributed by atoms with Crippen LogP contribution in [0.25, 0.3) is 0 Å². The molecule has 0 spiro atoms. The van der Waals surface area contributed by atoms with Gasteiger partial charge in [0.05, 0.1) is 0 Å². The van der Waals surface area contributed by atoms with Gasteiger partial charge in [0.2, 0.25) is 0 Å². The van der Waals surface area contributed by atoms with Crippen LogP contribution in [0.1, 0.15) is 46.0 Å². The molecule has 17 heavy (non-hydrogen) atoms. The third-order valence-corrected chi connectivity index (χ3v) is 3.99. The first-order chi connectivity index (χ1) is 8.15. The Kier molecular flexibility index (Phi) is 6.14. The largest absolute Gasteiger partial charge is 0.396 e. The highest BCUT2D eigenvalue weighted by Crippen LogP contribution is 2.38. The summed E-state index contributed by atoms with van der Waals surface area (Å²) in [7, 11) is 0. The Hall–Kier alpha value is -0.410. The van der Waals surface area contributed by atoms with Crippen molar-refractivity contribution in [3.05, 3.63) is 0 Å². The molecule has 2 atom stereocenters. The molecule has 100 valence electrons. The molecule has 1 N–H and O–H groups in total. The number of hydrogen-bond donors (Lipinski definition) is 1. The molecule has 1 saturated carbocycles. The van der Waals surface area contributed by atoms with Crippen molar-refractivity contribution in [1.29, 1.82) is 0 Å². The molecule has 0 radical (unpaired) electrons. The number of aliphatic hydroxyl groups excluding tert-OH is 1. The fourth-order valence-electron chi connectivity index (χ4n) is 3.08. The summed E-state index contributed by atoms with van der Waals surface area (Å²) in [6.07, 6.45) is 6.51.